The maximum Gasteiger partial charge on any atom is 0.147 e. The van der Waals surface area contributed by atoms with Gasteiger partial charge in [-0.1, -0.05) is 0 Å². The molecule has 2 rings (SSSR count). The van der Waals surface area contributed by atoms with E-state index >= 15 is 0 Å². The van der Waals surface area contributed by atoms with E-state index in [4.69, 9.17) is 0 Å². The van der Waals surface area contributed by atoms with E-state index < -0.39 is 0 Å². The first kappa shape index (κ1) is 10.9. The maximum atomic E-state index is 13.6. The fraction of sp³-hybridized carbons (Fsp3) is 0.364. The Morgan fingerprint density at radius 3 is 2.93 bits per heavy atom. The van der Waals surface area contributed by atoms with Crippen LogP contribution in [0, 0.1) is 15.3 Å². The number of hydrogen-bond acceptors (Lipinski definition) is 2. The van der Waals surface area contributed by atoms with Crippen LogP contribution in [0.1, 0.15) is 6.42 Å². The zero-order chi connectivity index (χ0) is 10.8. The molecule has 1 saturated heterocycles. The molecule has 0 amide bonds. The summed E-state index contributed by atoms with van der Waals surface area (Å²) in [6.45, 7) is 1.40. The molecule has 0 radical (unpaired) electrons. The fourth-order valence-corrected chi connectivity index (χ4v) is 2.31. The third-order valence-corrected chi connectivity index (χ3v) is 3.34. The van der Waals surface area contributed by atoms with Gasteiger partial charge in [0.15, 0.2) is 0 Å². The Morgan fingerprint density at radius 1 is 1.53 bits per heavy atom. The van der Waals surface area contributed by atoms with Crippen LogP contribution in [-0.4, -0.2) is 19.4 Å². The van der Waals surface area contributed by atoms with Crippen molar-refractivity contribution in [2.45, 2.75) is 6.42 Å². The quantitative estimate of drug-likeness (QED) is 0.616. The van der Waals surface area contributed by atoms with Crippen molar-refractivity contribution in [3.8, 4) is 0 Å². The van der Waals surface area contributed by atoms with Crippen molar-refractivity contribution < 1.29 is 9.18 Å². The molecule has 0 aliphatic carbocycles. The Bertz CT molecular complexity index is 383. The topological polar surface area (TPSA) is 20.3 Å². The smallest absolute Gasteiger partial charge is 0.147 e. The van der Waals surface area contributed by atoms with E-state index in [0.717, 1.165) is 22.8 Å². The molecule has 0 unspecified atom stereocenters. The number of rotatable bonds is 2. The predicted octanol–water partition coefficient (Wildman–Crippen LogP) is 2.46. The highest BCUT2D eigenvalue weighted by molar-refractivity contribution is 14.1. The highest BCUT2D eigenvalue weighted by Gasteiger charge is 2.23. The lowest BCUT2D eigenvalue weighted by molar-refractivity contribution is -0.110. The van der Waals surface area contributed by atoms with Gasteiger partial charge in [0.05, 0.1) is 5.69 Å². The minimum atomic E-state index is -0.201. The van der Waals surface area contributed by atoms with Gasteiger partial charge in [-0.2, -0.15) is 0 Å². The van der Waals surface area contributed by atoms with Crippen LogP contribution >= 0.6 is 22.6 Å². The molecule has 1 aliphatic rings. The highest BCUT2D eigenvalue weighted by Crippen LogP contribution is 2.26. The molecule has 1 atom stereocenters. The third kappa shape index (κ3) is 2.30. The standard InChI is InChI=1S/C11H11FINO/c12-10-5-9(13)1-2-11(10)14-4-3-8(6-14)7-15/h1-2,5,7-8H,3-4,6H2/t8-/m1/s1. The molecule has 1 aliphatic heterocycles. The molecule has 0 aromatic heterocycles. The second kappa shape index (κ2) is 4.47. The Labute approximate surface area is 102 Å². The predicted molar refractivity (Wildman–Crippen MR) is 65.5 cm³/mol. The van der Waals surface area contributed by atoms with Crippen molar-refractivity contribution in [1.82, 2.24) is 0 Å². The Morgan fingerprint density at radius 2 is 2.33 bits per heavy atom. The van der Waals surface area contributed by atoms with E-state index in [-0.39, 0.29) is 11.7 Å². The number of carbonyl (C=O) groups is 1. The first-order valence-electron chi connectivity index (χ1n) is 4.86. The van der Waals surface area contributed by atoms with Gasteiger partial charge < -0.3 is 9.69 Å². The van der Waals surface area contributed by atoms with Gasteiger partial charge in [0.2, 0.25) is 0 Å². The highest BCUT2D eigenvalue weighted by atomic mass is 127. The summed E-state index contributed by atoms with van der Waals surface area (Å²) in [6.07, 6.45) is 1.79. The number of carbonyl (C=O) groups excluding carboxylic acids is 1. The van der Waals surface area contributed by atoms with Gasteiger partial charge in [0, 0.05) is 22.6 Å². The monoisotopic (exact) mass is 319 g/mol. The SMILES string of the molecule is O=C[C@@H]1CCN(c2ccc(I)cc2F)C1. The van der Waals surface area contributed by atoms with Gasteiger partial charge in [-0.05, 0) is 47.2 Å². The van der Waals surface area contributed by atoms with Crippen molar-refractivity contribution in [2.24, 2.45) is 5.92 Å². The zero-order valence-corrected chi connectivity index (χ0v) is 10.3. The maximum absolute atomic E-state index is 13.6. The Balaban J connectivity index is 2.20. The lowest BCUT2D eigenvalue weighted by atomic mass is 10.1. The molecule has 0 spiro atoms. The molecule has 1 aromatic carbocycles. The summed E-state index contributed by atoms with van der Waals surface area (Å²) in [5.74, 6) is -0.142. The van der Waals surface area contributed by atoms with Crippen LogP contribution < -0.4 is 4.90 Å². The molecule has 15 heavy (non-hydrogen) atoms. The number of aldehydes is 1. The molecule has 2 nitrogen and oxygen atoms in total. The van der Waals surface area contributed by atoms with Crippen molar-refractivity contribution in [3.05, 3.63) is 27.6 Å². The van der Waals surface area contributed by atoms with E-state index in [1.165, 1.54) is 6.07 Å². The molecular formula is C11H11FINO. The van der Waals surface area contributed by atoms with Gasteiger partial charge in [0.25, 0.3) is 0 Å². The summed E-state index contributed by atoms with van der Waals surface area (Å²) < 4.78 is 14.5. The second-order valence-electron chi connectivity index (χ2n) is 3.73. The fourth-order valence-electron chi connectivity index (χ4n) is 1.85. The second-order valence-corrected chi connectivity index (χ2v) is 4.97. The summed E-state index contributed by atoms with van der Waals surface area (Å²) in [5.41, 5.74) is 0.611. The van der Waals surface area contributed by atoms with Crippen LogP contribution in [0.3, 0.4) is 0 Å². The summed E-state index contributed by atoms with van der Waals surface area (Å²) >= 11 is 2.08. The molecule has 1 fully saturated rings. The zero-order valence-electron chi connectivity index (χ0n) is 8.12. The van der Waals surface area contributed by atoms with E-state index in [1.807, 2.05) is 11.0 Å². The van der Waals surface area contributed by atoms with Crippen molar-refractivity contribution in [3.63, 3.8) is 0 Å². The van der Waals surface area contributed by atoms with E-state index in [9.17, 15) is 9.18 Å². The molecule has 1 aromatic rings. The number of benzene rings is 1. The molecule has 0 bridgehead atoms. The van der Waals surface area contributed by atoms with Crippen LogP contribution in [0.5, 0.6) is 0 Å². The average molecular weight is 319 g/mol. The van der Waals surface area contributed by atoms with Crippen molar-refractivity contribution >= 4 is 34.6 Å². The summed E-state index contributed by atoms with van der Waals surface area (Å²) in [4.78, 5) is 12.5. The Hall–Kier alpha value is -0.650. The summed E-state index contributed by atoms with van der Waals surface area (Å²) in [5, 5.41) is 0. The van der Waals surface area contributed by atoms with Crippen LogP contribution in [0.25, 0.3) is 0 Å². The summed E-state index contributed by atoms with van der Waals surface area (Å²) in [6, 6.07) is 5.18. The van der Waals surface area contributed by atoms with Crippen molar-refractivity contribution in [1.29, 1.82) is 0 Å². The lowest BCUT2D eigenvalue weighted by Gasteiger charge is -2.18. The number of hydrogen-bond donors (Lipinski definition) is 0. The van der Waals surface area contributed by atoms with Gasteiger partial charge in [-0.3, -0.25) is 0 Å². The van der Waals surface area contributed by atoms with Gasteiger partial charge in [0.1, 0.15) is 12.1 Å². The van der Waals surface area contributed by atoms with Crippen molar-refractivity contribution in [2.75, 3.05) is 18.0 Å². The number of halogens is 2. The normalized spacial score (nSPS) is 20.7. The molecule has 80 valence electrons. The first-order valence-corrected chi connectivity index (χ1v) is 5.94. The largest absolute Gasteiger partial charge is 0.368 e. The van der Waals surface area contributed by atoms with Crippen LogP contribution in [0.4, 0.5) is 10.1 Å². The molecule has 4 heteroatoms. The third-order valence-electron chi connectivity index (χ3n) is 2.67. The number of nitrogens with zero attached hydrogens (tertiary/aromatic N) is 1. The van der Waals surface area contributed by atoms with Gasteiger partial charge >= 0.3 is 0 Å². The average Bonchev–Trinajstić information content (AvgIpc) is 2.66. The molecule has 0 saturated carbocycles. The lowest BCUT2D eigenvalue weighted by Crippen LogP contribution is -2.21. The summed E-state index contributed by atoms with van der Waals surface area (Å²) in [7, 11) is 0. The Kier molecular flexibility index (Phi) is 3.23. The van der Waals surface area contributed by atoms with Gasteiger partial charge in [-0.25, -0.2) is 4.39 Å². The van der Waals surface area contributed by atoms with E-state index in [2.05, 4.69) is 22.6 Å². The van der Waals surface area contributed by atoms with E-state index in [0.29, 0.717) is 12.2 Å². The van der Waals surface area contributed by atoms with Crippen LogP contribution in [-0.2, 0) is 4.79 Å². The minimum Gasteiger partial charge on any atom is -0.368 e. The van der Waals surface area contributed by atoms with Crippen LogP contribution in [0.15, 0.2) is 18.2 Å². The van der Waals surface area contributed by atoms with Crippen LogP contribution in [0.2, 0.25) is 0 Å². The first-order chi connectivity index (χ1) is 7.20. The van der Waals surface area contributed by atoms with E-state index in [1.54, 1.807) is 6.07 Å². The van der Waals surface area contributed by atoms with Gasteiger partial charge in [-0.15, -0.1) is 0 Å². The molecule has 0 N–H and O–H groups in total. The minimum absolute atomic E-state index is 0.0590. The molecular weight excluding hydrogens is 308 g/mol. The molecule has 1 heterocycles. The number of anilines is 1.